The Bertz CT molecular complexity index is 389. The maximum absolute atomic E-state index is 6.48. The van der Waals surface area contributed by atoms with Crippen LogP contribution in [-0.2, 0) is 0 Å². The Balaban J connectivity index is 2.20. The predicted octanol–water partition coefficient (Wildman–Crippen LogP) is 4.00. The molecule has 0 saturated carbocycles. The Morgan fingerprint density at radius 3 is 1.94 bits per heavy atom. The van der Waals surface area contributed by atoms with Crippen molar-refractivity contribution >= 4 is 29.7 Å². The van der Waals surface area contributed by atoms with Gasteiger partial charge in [0.1, 0.15) is 7.43 Å². The molecular formula is C13H13ClNP. The number of para-hydroxylation sites is 1. The van der Waals surface area contributed by atoms with Crippen LogP contribution in [0.2, 0.25) is 0 Å². The average molecular weight is 250 g/mol. The van der Waals surface area contributed by atoms with Crippen molar-refractivity contribution in [1.82, 2.24) is 0 Å². The Hall–Kier alpha value is -1.04. The summed E-state index contributed by atoms with van der Waals surface area (Å²) in [7, 11) is 1.22. The van der Waals surface area contributed by atoms with E-state index in [9.17, 15) is 0 Å². The first-order valence-corrected chi connectivity index (χ1v) is 7.28. The lowest BCUT2D eigenvalue weighted by Gasteiger charge is -2.24. The Kier molecular flexibility index (Phi) is 3.82. The highest BCUT2D eigenvalue weighted by molar-refractivity contribution is 7.91. The Morgan fingerprint density at radius 2 is 1.38 bits per heavy atom. The second kappa shape index (κ2) is 5.34. The molecule has 0 amide bonds. The molecule has 0 saturated heterocycles. The molecule has 0 radical (unpaired) electrons. The average Bonchev–Trinajstić information content (AvgIpc) is 2.39. The molecule has 1 nitrogen and oxygen atoms in total. The summed E-state index contributed by atoms with van der Waals surface area (Å²) in [5, 5.41) is 1.17. The van der Waals surface area contributed by atoms with E-state index in [0.717, 1.165) is 5.69 Å². The standard InChI is InChI=1S/C13H13ClNP/c1-15(12-8-4-2-5-9-12)16(14)13-10-6-3-7-11-13/h2-11H,1H3. The molecular weight excluding hydrogens is 237 g/mol. The van der Waals surface area contributed by atoms with Gasteiger partial charge in [0.05, 0.1) is 0 Å². The van der Waals surface area contributed by atoms with Crippen LogP contribution in [0.3, 0.4) is 0 Å². The minimum atomic E-state index is -0.808. The summed E-state index contributed by atoms with van der Waals surface area (Å²) in [6.07, 6.45) is 0. The molecule has 0 aliphatic rings. The van der Waals surface area contributed by atoms with Gasteiger partial charge in [-0.15, -0.1) is 0 Å². The van der Waals surface area contributed by atoms with Gasteiger partial charge in [0.2, 0.25) is 0 Å². The summed E-state index contributed by atoms with van der Waals surface area (Å²) in [5.74, 6) is 0. The van der Waals surface area contributed by atoms with E-state index in [4.69, 9.17) is 11.2 Å². The summed E-state index contributed by atoms with van der Waals surface area (Å²) in [5.41, 5.74) is 1.15. The van der Waals surface area contributed by atoms with E-state index in [1.165, 1.54) is 5.30 Å². The van der Waals surface area contributed by atoms with Crippen LogP contribution in [0.25, 0.3) is 0 Å². The third-order valence-corrected chi connectivity index (χ3v) is 5.11. The first-order valence-electron chi connectivity index (χ1n) is 5.08. The number of nitrogens with zero attached hydrogens (tertiary/aromatic N) is 1. The zero-order valence-electron chi connectivity index (χ0n) is 9.05. The smallest absolute Gasteiger partial charge is 0.121 e. The highest BCUT2D eigenvalue weighted by Crippen LogP contribution is 2.45. The summed E-state index contributed by atoms with van der Waals surface area (Å²) < 4.78 is 2.12. The minimum Gasteiger partial charge on any atom is -0.338 e. The molecule has 0 N–H and O–H groups in total. The fourth-order valence-corrected chi connectivity index (χ4v) is 3.17. The van der Waals surface area contributed by atoms with Gasteiger partial charge in [-0.3, -0.25) is 0 Å². The molecule has 0 bridgehead atoms. The van der Waals surface area contributed by atoms with Crippen molar-refractivity contribution in [3.63, 3.8) is 0 Å². The van der Waals surface area contributed by atoms with E-state index in [-0.39, 0.29) is 0 Å². The normalized spacial score (nSPS) is 12.1. The lowest BCUT2D eigenvalue weighted by molar-refractivity contribution is 1.35. The highest BCUT2D eigenvalue weighted by Gasteiger charge is 2.13. The van der Waals surface area contributed by atoms with Gasteiger partial charge in [-0.05, 0) is 12.1 Å². The molecule has 1 unspecified atom stereocenters. The molecule has 82 valence electrons. The van der Waals surface area contributed by atoms with Crippen molar-refractivity contribution in [3.05, 3.63) is 60.7 Å². The maximum Gasteiger partial charge on any atom is 0.121 e. The summed E-state index contributed by atoms with van der Waals surface area (Å²) in [4.78, 5) is 0. The summed E-state index contributed by atoms with van der Waals surface area (Å²) in [6, 6.07) is 20.4. The predicted molar refractivity (Wildman–Crippen MR) is 73.7 cm³/mol. The maximum atomic E-state index is 6.48. The van der Waals surface area contributed by atoms with Crippen LogP contribution in [0.5, 0.6) is 0 Å². The van der Waals surface area contributed by atoms with Gasteiger partial charge in [0.15, 0.2) is 0 Å². The third kappa shape index (κ3) is 2.55. The lowest BCUT2D eigenvalue weighted by atomic mass is 10.3. The monoisotopic (exact) mass is 249 g/mol. The quantitative estimate of drug-likeness (QED) is 0.744. The molecule has 0 aliphatic carbocycles. The molecule has 0 aliphatic heterocycles. The van der Waals surface area contributed by atoms with Crippen molar-refractivity contribution in [1.29, 1.82) is 0 Å². The van der Waals surface area contributed by atoms with Crippen LogP contribution in [0.15, 0.2) is 60.7 Å². The number of hydrogen-bond donors (Lipinski definition) is 0. The van der Waals surface area contributed by atoms with Gasteiger partial charge in [-0.25, -0.2) is 0 Å². The zero-order chi connectivity index (χ0) is 11.4. The molecule has 2 aromatic rings. The van der Waals surface area contributed by atoms with Crippen molar-refractivity contribution < 1.29 is 0 Å². The van der Waals surface area contributed by atoms with E-state index in [2.05, 4.69) is 28.9 Å². The molecule has 0 heterocycles. The second-order valence-electron chi connectivity index (χ2n) is 3.45. The van der Waals surface area contributed by atoms with E-state index in [1.54, 1.807) is 0 Å². The molecule has 0 spiro atoms. The van der Waals surface area contributed by atoms with Gasteiger partial charge in [-0.1, -0.05) is 59.8 Å². The van der Waals surface area contributed by atoms with Crippen LogP contribution in [0.4, 0.5) is 5.69 Å². The van der Waals surface area contributed by atoms with Crippen molar-refractivity contribution in [2.75, 3.05) is 11.7 Å². The van der Waals surface area contributed by atoms with E-state index < -0.39 is 7.43 Å². The van der Waals surface area contributed by atoms with E-state index in [0.29, 0.717) is 0 Å². The van der Waals surface area contributed by atoms with Crippen LogP contribution in [-0.4, -0.2) is 7.05 Å². The Morgan fingerprint density at radius 1 is 0.875 bits per heavy atom. The lowest BCUT2D eigenvalue weighted by Crippen LogP contribution is -2.14. The van der Waals surface area contributed by atoms with E-state index >= 15 is 0 Å². The minimum absolute atomic E-state index is 0.808. The molecule has 2 rings (SSSR count). The summed E-state index contributed by atoms with van der Waals surface area (Å²) in [6.45, 7) is 0. The molecule has 16 heavy (non-hydrogen) atoms. The first-order chi connectivity index (χ1) is 7.79. The molecule has 0 aromatic heterocycles. The van der Waals surface area contributed by atoms with Gasteiger partial charge in [-0.2, -0.15) is 0 Å². The second-order valence-corrected chi connectivity index (χ2v) is 6.05. The van der Waals surface area contributed by atoms with Crippen LogP contribution in [0.1, 0.15) is 0 Å². The van der Waals surface area contributed by atoms with Crippen LogP contribution >= 0.6 is 18.7 Å². The highest BCUT2D eigenvalue weighted by atomic mass is 35.7. The summed E-state index contributed by atoms with van der Waals surface area (Å²) >= 11 is 6.48. The SMILES string of the molecule is CN(c1ccccc1)P(Cl)c1ccccc1. The number of rotatable bonds is 3. The zero-order valence-corrected chi connectivity index (χ0v) is 10.7. The number of halogens is 1. The van der Waals surface area contributed by atoms with Gasteiger partial charge < -0.3 is 4.67 Å². The molecule has 2 aromatic carbocycles. The molecule has 1 atom stereocenters. The third-order valence-electron chi connectivity index (χ3n) is 2.36. The number of anilines is 1. The van der Waals surface area contributed by atoms with Crippen LogP contribution < -0.4 is 9.97 Å². The molecule has 3 heteroatoms. The van der Waals surface area contributed by atoms with Crippen molar-refractivity contribution in [3.8, 4) is 0 Å². The van der Waals surface area contributed by atoms with Crippen molar-refractivity contribution in [2.45, 2.75) is 0 Å². The first kappa shape index (κ1) is 11.4. The van der Waals surface area contributed by atoms with Gasteiger partial charge in [0, 0.05) is 18.0 Å². The van der Waals surface area contributed by atoms with Gasteiger partial charge in [0.25, 0.3) is 0 Å². The topological polar surface area (TPSA) is 3.24 Å². The van der Waals surface area contributed by atoms with E-state index in [1.807, 2.05) is 43.4 Å². The van der Waals surface area contributed by atoms with Crippen molar-refractivity contribution in [2.24, 2.45) is 0 Å². The van der Waals surface area contributed by atoms with Crippen LogP contribution in [0, 0.1) is 0 Å². The molecule has 0 fully saturated rings. The fraction of sp³-hybridized carbons (Fsp3) is 0.0769. The number of benzene rings is 2. The van der Waals surface area contributed by atoms with Gasteiger partial charge >= 0.3 is 0 Å². The fourth-order valence-electron chi connectivity index (χ4n) is 1.47. The number of hydrogen-bond acceptors (Lipinski definition) is 1. The largest absolute Gasteiger partial charge is 0.338 e. The Labute approximate surface area is 102 Å².